The van der Waals surface area contributed by atoms with Gasteiger partial charge in [0.2, 0.25) is 0 Å². The molecule has 0 radical (unpaired) electrons. The Hall–Kier alpha value is -2.65. The quantitative estimate of drug-likeness (QED) is 0.255. The van der Waals surface area contributed by atoms with E-state index in [1.807, 2.05) is 0 Å². The van der Waals surface area contributed by atoms with Gasteiger partial charge in [0.15, 0.2) is 0 Å². The van der Waals surface area contributed by atoms with Gasteiger partial charge in [-0.1, -0.05) is 0 Å². The zero-order chi connectivity index (χ0) is 18.9. The number of hydrogen-bond acceptors (Lipinski definition) is 14. The van der Waals surface area contributed by atoms with Crippen LogP contribution >= 0.6 is 0 Å². The summed E-state index contributed by atoms with van der Waals surface area (Å²) in [4.78, 5) is 0. The van der Waals surface area contributed by atoms with Crippen LogP contribution in [-0.2, 0) is 21.1 Å². The zero-order valence-electron chi connectivity index (χ0n) is 10.9. The van der Waals surface area contributed by atoms with Crippen molar-refractivity contribution in [3.8, 4) is 43.8 Å². The molecule has 0 spiro atoms. The third kappa shape index (κ3) is 833. The van der Waals surface area contributed by atoms with Crippen LogP contribution in [0, 0.1) is 80.6 Å². The predicted molar refractivity (Wildman–Crippen MR) is 39.3 cm³/mol. The monoisotopic (exact) mass is 431 g/mol. The maximum atomic E-state index is 8.24. The molecule has 0 N–H and O–H groups in total. The second-order valence-corrected chi connectivity index (χ2v) is 0.639. The molecular formula is C7KMoN7O7. The van der Waals surface area contributed by atoms with E-state index in [0.717, 1.165) is 0 Å². The summed E-state index contributed by atoms with van der Waals surface area (Å²) in [6.45, 7) is 0. The Bertz CT molecular complexity index is 314. The van der Waals surface area contributed by atoms with Crippen LogP contribution in [0.25, 0.3) is 0 Å². The molecule has 112 valence electrons. The molecular weight excluding hydrogens is 429 g/mol. The molecule has 0 amide bonds. The summed E-state index contributed by atoms with van der Waals surface area (Å²) in [6.07, 6.45) is 3.50. The van der Waals surface area contributed by atoms with Crippen molar-refractivity contribution in [3.05, 3.63) is 0 Å². The van der Waals surface area contributed by atoms with Crippen molar-refractivity contribution in [2.24, 2.45) is 0 Å². The van der Waals surface area contributed by atoms with E-state index in [1.165, 1.54) is 0 Å². The molecule has 0 atom stereocenters. The maximum absolute atomic E-state index is 8.24. The van der Waals surface area contributed by atoms with Crippen molar-refractivity contribution < 1.29 is 108 Å². The molecule has 0 aromatic carbocycles. The summed E-state index contributed by atoms with van der Waals surface area (Å²) in [5, 5.41) is 105. The maximum Gasteiger partial charge on any atom is 6.00 e. The second-order valence-electron chi connectivity index (χ2n) is 0.639. The van der Waals surface area contributed by atoms with E-state index < -0.39 is 0 Å². The van der Waals surface area contributed by atoms with E-state index in [0.29, 0.717) is 43.8 Å². The molecule has 0 aromatic heterocycles. The smallest absolute Gasteiger partial charge is 0.812 e. The standard InChI is InChI=1S/7CHNO.K.Mo/c7*2-1-3;;/h7*3H;;/q;;;;;;;+1;+6/p-7. The van der Waals surface area contributed by atoms with Crippen LogP contribution in [0.2, 0.25) is 0 Å². The normalized spacial score (nSPS) is 2.13. The summed E-state index contributed by atoms with van der Waals surface area (Å²) < 4.78 is 0. The third-order valence-electron chi connectivity index (χ3n) is 0. The molecule has 23 heavy (non-hydrogen) atoms. The van der Waals surface area contributed by atoms with Crippen LogP contribution < -0.4 is 87.1 Å². The first-order valence-corrected chi connectivity index (χ1v) is 2.99. The Morgan fingerprint density at radius 1 is 0.348 bits per heavy atom. The first-order chi connectivity index (χ1) is 9.90. The van der Waals surface area contributed by atoms with Crippen LogP contribution in [0.5, 0.6) is 0 Å². The van der Waals surface area contributed by atoms with Crippen molar-refractivity contribution in [1.29, 1.82) is 36.8 Å². The molecule has 0 aliphatic heterocycles. The average molecular weight is 429 g/mol. The number of rotatable bonds is 0. The van der Waals surface area contributed by atoms with Gasteiger partial charge in [0.05, 0.1) is 0 Å². The van der Waals surface area contributed by atoms with E-state index in [4.69, 9.17) is 72.6 Å². The van der Waals surface area contributed by atoms with Gasteiger partial charge in [0.1, 0.15) is 0 Å². The van der Waals surface area contributed by atoms with Gasteiger partial charge in [-0.05, 0) is 0 Å². The van der Waals surface area contributed by atoms with E-state index in [2.05, 4.69) is 0 Å². The summed E-state index contributed by atoms with van der Waals surface area (Å²) in [6, 6.07) is 0. The number of nitrogens with zero attached hydrogens (tertiary/aromatic N) is 7. The first kappa shape index (κ1) is 59.1. The van der Waals surface area contributed by atoms with Gasteiger partial charge >= 0.3 is 72.4 Å². The number of nitriles is 7. The Morgan fingerprint density at radius 2 is 0.348 bits per heavy atom. The van der Waals surface area contributed by atoms with Gasteiger partial charge in [0.25, 0.3) is 0 Å². The van der Waals surface area contributed by atoms with Crippen LogP contribution in [-0.4, -0.2) is 0 Å². The van der Waals surface area contributed by atoms with Gasteiger partial charge in [-0.15, -0.1) is 0 Å². The molecule has 0 saturated heterocycles. The first-order valence-electron chi connectivity index (χ1n) is 2.99. The molecule has 0 fully saturated rings. The molecule has 0 bridgehead atoms. The van der Waals surface area contributed by atoms with Crippen molar-refractivity contribution in [2.45, 2.75) is 0 Å². The molecule has 16 heteroatoms. The fourth-order valence-corrected chi connectivity index (χ4v) is 0. The SMILES string of the molecule is N#C[O-].N#C[O-].N#C[O-].N#C[O-].N#C[O-].N#C[O-].N#C[O-].[K+].[Mo+6]. The average Bonchev–Trinajstić information content (AvgIpc) is 2.35. The molecule has 0 aromatic rings. The van der Waals surface area contributed by atoms with Crippen molar-refractivity contribution in [2.75, 3.05) is 0 Å². The third-order valence-corrected chi connectivity index (χ3v) is 0. The van der Waals surface area contributed by atoms with Crippen molar-refractivity contribution in [1.82, 2.24) is 0 Å². The van der Waals surface area contributed by atoms with Gasteiger partial charge in [-0.3, -0.25) is 0 Å². The predicted octanol–water partition coefficient (Wildman–Crippen LogP) is -11.2. The van der Waals surface area contributed by atoms with Crippen molar-refractivity contribution in [3.63, 3.8) is 0 Å². The number of hydrogen-bond donors (Lipinski definition) is 0. The largest absolute Gasteiger partial charge is 6.00 e. The van der Waals surface area contributed by atoms with Crippen LogP contribution in [0.1, 0.15) is 0 Å². The molecule has 0 saturated carbocycles. The zero-order valence-corrected chi connectivity index (χ0v) is 16.0. The summed E-state index contributed by atoms with van der Waals surface area (Å²) >= 11 is 0. The van der Waals surface area contributed by atoms with E-state index >= 15 is 0 Å². The second kappa shape index (κ2) is 344. The molecule has 0 rings (SSSR count). The Balaban J connectivity index is -0.0000000140. The molecule has 0 aliphatic rings. The van der Waals surface area contributed by atoms with Crippen LogP contribution in [0.4, 0.5) is 0 Å². The van der Waals surface area contributed by atoms with Gasteiger partial charge in [0, 0.05) is 43.8 Å². The summed E-state index contributed by atoms with van der Waals surface area (Å²) in [5.74, 6) is 0. The minimum absolute atomic E-state index is 0. The van der Waals surface area contributed by atoms with E-state index in [9.17, 15) is 0 Å². The Morgan fingerprint density at radius 3 is 0.348 bits per heavy atom. The van der Waals surface area contributed by atoms with E-state index in [1.54, 1.807) is 0 Å². The minimum atomic E-state index is 0. The molecule has 0 heterocycles. The summed E-state index contributed by atoms with van der Waals surface area (Å²) in [5.41, 5.74) is 0. The molecule has 0 unspecified atom stereocenters. The van der Waals surface area contributed by atoms with Gasteiger partial charge in [-0.25, -0.2) is 36.8 Å². The Labute approximate surface area is 187 Å². The fraction of sp³-hybridized carbons (Fsp3) is 0. The van der Waals surface area contributed by atoms with Crippen LogP contribution in [0.15, 0.2) is 0 Å². The van der Waals surface area contributed by atoms with Crippen molar-refractivity contribution >= 4 is 0 Å². The van der Waals surface area contributed by atoms with Crippen LogP contribution in [0.3, 0.4) is 0 Å². The minimum Gasteiger partial charge on any atom is -0.812 e. The molecule has 0 aliphatic carbocycles. The Kier molecular flexibility index (Phi) is 884. The molecule has 14 nitrogen and oxygen atoms in total. The topological polar surface area (TPSA) is 328 Å². The fourth-order valence-electron chi connectivity index (χ4n) is 0. The van der Waals surface area contributed by atoms with E-state index in [-0.39, 0.29) is 72.4 Å². The van der Waals surface area contributed by atoms with Gasteiger partial charge in [-0.2, -0.15) is 0 Å². The van der Waals surface area contributed by atoms with Gasteiger partial charge < -0.3 is 35.7 Å². The summed E-state index contributed by atoms with van der Waals surface area (Å²) in [7, 11) is 0.